The van der Waals surface area contributed by atoms with Gasteiger partial charge in [0.15, 0.2) is 5.62 Å². The lowest BCUT2D eigenvalue weighted by Gasteiger charge is -2.24. The van der Waals surface area contributed by atoms with Crippen molar-refractivity contribution < 1.29 is 9.53 Å². The number of aryl methyl sites for hydroxylation is 1. The lowest BCUT2D eigenvalue weighted by Crippen LogP contribution is -2.35. The van der Waals surface area contributed by atoms with Crippen molar-refractivity contribution in [1.29, 1.82) is 5.41 Å². The predicted molar refractivity (Wildman–Crippen MR) is 90.6 cm³/mol. The zero-order valence-corrected chi connectivity index (χ0v) is 14.7. The van der Waals surface area contributed by atoms with Gasteiger partial charge in [-0.25, -0.2) is 4.79 Å². The third-order valence-corrected chi connectivity index (χ3v) is 3.67. The van der Waals surface area contributed by atoms with Crippen LogP contribution in [0.1, 0.15) is 27.2 Å². The molecule has 7 heteroatoms. The van der Waals surface area contributed by atoms with Gasteiger partial charge in [0.05, 0.1) is 16.1 Å². The molecule has 126 valence electrons. The topological polar surface area (TPSA) is 74.1 Å². The standard InChI is InChI=1S/C16H23ClN4O2/c1-16(2,3)23-15(22)20(4)9-6-10-21-13-11(17)7-5-8-12(13)19-14(21)18/h5,7-8H,6,9-10H2,1-4H3,(H2,18,19). The Morgan fingerprint density at radius 2 is 2.13 bits per heavy atom. The second kappa shape index (κ2) is 6.66. The van der Waals surface area contributed by atoms with Gasteiger partial charge in [0.1, 0.15) is 5.60 Å². The molecular formula is C16H23ClN4O2. The number of fused-ring (bicyclic) bond motifs is 1. The molecule has 2 N–H and O–H groups in total. The number of hydrogen-bond acceptors (Lipinski definition) is 3. The van der Waals surface area contributed by atoms with Crippen LogP contribution in [0, 0.1) is 5.41 Å². The highest BCUT2D eigenvalue weighted by Crippen LogP contribution is 2.20. The van der Waals surface area contributed by atoms with E-state index < -0.39 is 5.60 Å². The van der Waals surface area contributed by atoms with Crippen molar-refractivity contribution in [3.8, 4) is 0 Å². The second-order valence-electron chi connectivity index (χ2n) is 6.52. The van der Waals surface area contributed by atoms with Crippen molar-refractivity contribution in [2.75, 3.05) is 13.6 Å². The number of carbonyl (C=O) groups is 1. The minimum absolute atomic E-state index is 0.299. The summed E-state index contributed by atoms with van der Waals surface area (Å²) in [5, 5.41) is 8.64. The number of imidazole rings is 1. The summed E-state index contributed by atoms with van der Waals surface area (Å²) in [6, 6.07) is 5.55. The lowest BCUT2D eigenvalue weighted by atomic mass is 10.2. The molecule has 0 aliphatic rings. The maximum atomic E-state index is 11.9. The molecule has 2 aromatic rings. The van der Waals surface area contributed by atoms with Crippen LogP contribution in [-0.4, -0.2) is 39.7 Å². The van der Waals surface area contributed by atoms with E-state index in [-0.39, 0.29) is 6.09 Å². The highest BCUT2D eigenvalue weighted by atomic mass is 35.5. The summed E-state index contributed by atoms with van der Waals surface area (Å²) < 4.78 is 7.14. The Morgan fingerprint density at radius 1 is 1.43 bits per heavy atom. The number of amides is 1. The van der Waals surface area contributed by atoms with Gasteiger partial charge in [0, 0.05) is 20.1 Å². The Bertz CT molecular complexity index is 758. The predicted octanol–water partition coefficient (Wildman–Crippen LogP) is 3.36. The molecule has 0 atom stereocenters. The summed E-state index contributed by atoms with van der Waals surface area (Å²) in [7, 11) is 1.71. The van der Waals surface area contributed by atoms with E-state index in [4.69, 9.17) is 21.7 Å². The lowest BCUT2D eigenvalue weighted by molar-refractivity contribution is 0.0295. The SMILES string of the molecule is CN(CCCn1c(=N)[nH]c2cccc(Cl)c21)C(=O)OC(C)(C)C. The van der Waals surface area contributed by atoms with Gasteiger partial charge in [-0.2, -0.15) is 0 Å². The molecule has 0 unspecified atom stereocenters. The number of aromatic amines is 1. The zero-order valence-electron chi connectivity index (χ0n) is 13.9. The van der Waals surface area contributed by atoms with Crippen LogP contribution in [0.2, 0.25) is 5.02 Å². The number of aromatic nitrogens is 2. The molecule has 1 aromatic carbocycles. The molecular weight excluding hydrogens is 316 g/mol. The number of nitrogens with zero attached hydrogens (tertiary/aromatic N) is 2. The van der Waals surface area contributed by atoms with Crippen molar-refractivity contribution in [1.82, 2.24) is 14.5 Å². The van der Waals surface area contributed by atoms with E-state index in [0.717, 1.165) is 11.0 Å². The molecule has 2 rings (SSSR count). The van der Waals surface area contributed by atoms with Crippen molar-refractivity contribution in [3.63, 3.8) is 0 Å². The fourth-order valence-electron chi connectivity index (χ4n) is 2.32. The monoisotopic (exact) mass is 338 g/mol. The average Bonchev–Trinajstić information content (AvgIpc) is 2.74. The third-order valence-electron chi connectivity index (χ3n) is 3.36. The summed E-state index contributed by atoms with van der Waals surface area (Å²) in [5.41, 5.74) is 1.45. The maximum absolute atomic E-state index is 11.9. The highest BCUT2D eigenvalue weighted by molar-refractivity contribution is 6.34. The fourth-order valence-corrected chi connectivity index (χ4v) is 2.59. The van der Waals surface area contributed by atoms with Crippen molar-refractivity contribution in [2.24, 2.45) is 0 Å². The van der Waals surface area contributed by atoms with E-state index in [1.165, 1.54) is 0 Å². The molecule has 0 radical (unpaired) electrons. The molecule has 0 fully saturated rings. The van der Waals surface area contributed by atoms with Crippen LogP contribution < -0.4 is 5.62 Å². The van der Waals surface area contributed by atoms with E-state index in [1.54, 1.807) is 18.0 Å². The Hall–Kier alpha value is -1.95. The molecule has 1 aromatic heterocycles. The first kappa shape index (κ1) is 17.4. The number of rotatable bonds is 4. The van der Waals surface area contributed by atoms with Gasteiger partial charge < -0.3 is 19.2 Å². The average molecular weight is 339 g/mol. The number of hydrogen-bond donors (Lipinski definition) is 2. The van der Waals surface area contributed by atoms with E-state index in [1.807, 2.05) is 37.5 Å². The number of H-pyrrole nitrogens is 1. The molecule has 1 amide bonds. The van der Waals surface area contributed by atoms with E-state index in [9.17, 15) is 4.79 Å². The molecule has 6 nitrogen and oxygen atoms in total. The first-order valence-corrected chi connectivity index (χ1v) is 7.92. The molecule has 1 heterocycles. The Balaban J connectivity index is 2.01. The third kappa shape index (κ3) is 4.28. The molecule has 0 aliphatic heterocycles. The van der Waals surface area contributed by atoms with Crippen LogP contribution in [-0.2, 0) is 11.3 Å². The van der Waals surface area contributed by atoms with Gasteiger partial charge >= 0.3 is 6.09 Å². The second-order valence-corrected chi connectivity index (χ2v) is 6.92. The fraction of sp³-hybridized carbons (Fsp3) is 0.500. The van der Waals surface area contributed by atoms with Gasteiger partial charge in [0.2, 0.25) is 0 Å². The minimum Gasteiger partial charge on any atom is -0.444 e. The Labute approximate surface area is 140 Å². The summed E-state index contributed by atoms with van der Waals surface area (Å²) in [6.45, 7) is 6.66. The molecule has 0 spiro atoms. The smallest absolute Gasteiger partial charge is 0.410 e. The van der Waals surface area contributed by atoms with Crippen LogP contribution in [0.4, 0.5) is 4.79 Å². The molecule has 0 saturated heterocycles. The van der Waals surface area contributed by atoms with Gasteiger partial charge in [-0.1, -0.05) is 17.7 Å². The summed E-state index contributed by atoms with van der Waals surface area (Å²) >= 11 is 6.23. The summed E-state index contributed by atoms with van der Waals surface area (Å²) in [5.74, 6) is 0. The van der Waals surface area contributed by atoms with Crippen LogP contribution >= 0.6 is 11.6 Å². The van der Waals surface area contributed by atoms with Crippen molar-refractivity contribution >= 4 is 28.7 Å². The zero-order chi connectivity index (χ0) is 17.2. The number of halogens is 1. The van der Waals surface area contributed by atoms with Crippen LogP contribution in [0.3, 0.4) is 0 Å². The Morgan fingerprint density at radius 3 is 2.78 bits per heavy atom. The van der Waals surface area contributed by atoms with Crippen molar-refractivity contribution in [3.05, 3.63) is 28.8 Å². The first-order chi connectivity index (χ1) is 10.7. The maximum Gasteiger partial charge on any atom is 0.410 e. The normalized spacial score (nSPS) is 11.7. The summed E-state index contributed by atoms with van der Waals surface area (Å²) in [6.07, 6.45) is 0.357. The van der Waals surface area contributed by atoms with E-state index in [0.29, 0.717) is 30.2 Å². The minimum atomic E-state index is -0.501. The van der Waals surface area contributed by atoms with Gasteiger partial charge in [-0.15, -0.1) is 0 Å². The van der Waals surface area contributed by atoms with Crippen molar-refractivity contribution in [2.45, 2.75) is 39.3 Å². The molecule has 23 heavy (non-hydrogen) atoms. The van der Waals surface area contributed by atoms with Gasteiger partial charge in [0.25, 0.3) is 0 Å². The summed E-state index contributed by atoms with van der Waals surface area (Å²) in [4.78, 5) is 16.5. The first-order valence-electron chi connectivity index (χ1n) is 7.55. The number of carbonyl (C=O) groups excluding carboxylic acids is 1. The number of para-hydroxylation sites is 1. The van der Waals surface area contributed by atoms with Crippen LogP contribution in [0.5, 0.6) is 0 Å². The van der Waals surface area contributed by atoms with Crippen LogP contribution in [0.25, 0.3) is 11.0 Å². The van der Waals surface area contributed by atoms with Gasteiger partial charge in [-0.3, -0.25) is 5.41 Å². The van der Waals surface area contributed by atoms with E-state index >= 15 is 0 Å². The largest absolute Gasteiger partial charge is 0.444 e. The molecule has 0 aliphatic carbocycles. The molecule has 0 bridgehead atoms. The van der Waals surface area contributed by atoms with Crippen LogP contribution in [0.15, 0.2) is 18.2 Å². The highest BCUT2D eigenvalue weighted by Gasteiger charge is 2.19. The quantitative estimate of drug-likeness (QED) is 0.897. The molecule has 0 saturated carbocycles. The number of benzene rings is 1. The number of ether oxygens (including phenoxy) is 1. The Kier molecular flexibility index (Phi) is 5.04. The van der Waals surface area contributed by atoms with Gasteiger partial charge in [-0.05, 0) is 39.3 Å². The number of nitrogens with one attached hydrogen (secondary N) is 2. The van der Waals surface area contributed by atoms with E-state index in [2.05, 4.69) is 4.98 Å².